The molecule has 0 saturated carbocycles. The molecule has 5 nitrogen and oxygen atoms in total. The van der Waals surface area contributed by atoms with Gasteiger partial charge in [0.1, 0.15) is 12.4 Å². The van der Waals surface area contributed by atoms with Crippen LogP contribution in [-0.2, 0) is 24.2 Å². The predicted molar refractivity (Wildman–Crippen MR) is 116 cm³/mol. The van der Waals surface area contributed by atoms with Crippen molar-refractivity contribution in [2.45, 2.75) is 38.7 Å². The Morgan fingerprint density at radius 3 is 2.73 bits per heavy atom. The van der Waals surface area contributed by atoms with Crippen LogP contribution < -0.4 is 10.1 Å². The summed E-state index contributed by atoms with van der Waals surface area (Å²) < 4.78 is 5.76. The molecule has 0 saturated heterocycles. The number of benzene rings is 2. The Labute approximate surface area is 176 Å². The molecule has 0 fully saturated rings. The van der Waals surface area contributed by atoms with E-state index in [0.29, 0.717) is 23.6 Å². The van der Waals surface area contributed by atoms with E-state index < -0.39 is 0 Å². The molecule has 1 aliphatic carbocycles. The van der Waals surface area contributed by atoms with Crippen LogP contribution in [0.1, 0.15) is 46.3 Å². The number of carbonyl (C=O) groups excluding carboxylic acids is 2. The van der Waals surface area contributed by atoms with Crippen molar-refractivity contribution in [2.24, 2.45) is 0 Å². The maximum atomic E-state index is 12.5. The summed E-state index contributed by atoms with van der Waals surface area (Å²) in [5.41, 5.74) is 4.93. The number of Topliss-reactive ketones (excluding diaryl/α,β-unsaturated/α-hetero) is 1. The molecule has 0 aliphatic heterocycles. The van der Waals surface area contributed by atoms with Crippen LogP contribution in [0.15, 0.2) is 67.0 Å². The number of pyridine rings is 1. The molecule has 0 unspecified atom stereocenters. The standard InChI is InChI=1S/C25H24N2O3/c28-24(21-10-9-19-5-1-6-20(19)14-21)11-12-25(29)27-22-7-2-8-23(15-22)30-17-18-4-3-13-26-16-18/h2-4,7-10,13-16H,1,5-6,11-12,17H2,(H,27,29). The number of hydrogen-bond acceptors (Lipinski definition) is 4. The number of amides is 1. The lowest BCUT2D eigenvalue weighted by Crippen LogP contribution is -2.13. The zero-order chi connectivity index (χ0) is 20.8. The molecule has 1 aromatic heterocycles. The number of nitrogens with zero attached hydrogens (tertiary/aromatic N) is 1. The molecule has 1 heterocycles. The van der Waals surface area contributed by atoms with Gasteiger partial charge >= 0.3 is 0 Å². The Morgan fingerprint density at radius 2 is 1.87 bits per heavy atom. The maximum absolute atomic E-state index is 12.5. The molecular weight excluding hydrogens is 376 g/mol. The highest BCUT2D eigenvalue weighted by atomic mass is 16.5. The summed E-state index contributed by atoms with van der Waals surface area (Å²) in [7, 11) is 0. The minimum Gasteiger partial charge on any atom is -0.489 e. The fraction of sp³-hybridized carbons (Fsp3) is 0.240. The third-order valence-corrected chi connectivity index (χ3v) is 5.25. The van der Waals surface area contributed by atoms with Gasteiger partial charge in [0.15, 0.2) is 5.78 Å². The van der Waals surface area contributed by atoms with Crippen molar-refractivity contribution < 1.29 is 14.3 Å². The van der Waals surface area contributed by atoms with Crippen molar-refractivity contribution in [3.63, 3.8) is 0 Å². The first-order chi connectivity index (χ1) is 14.7. The molecule has 0 atom stereocenters. The zero-order valence-electron chi connectivity index (χ0n) is 16.8. The molecule has 1 amide bonds. The number of ether oxygens (including phenoxy) is 1. The van der Waals surface area contributed by atoms with E-state index in [1.807, 2.05) is 42.5 Å². The molecule has 0 bridgehead atoms. The SMILES string of the molecule is O=C(CCC(=O)c1ccc2c(c1)CCC2)Nc1cccc(OCc2cccnc2)c1. The monoisotopic (exact) mass is 400 g/mol. The largest absolute Gasteiger partial charge is 0.489 e. The van der Waals surface area contributed by atoms with Crippen LogP contribution in [0.3, 0.4) is 0 Å². The summed E-state index contributed by atoms with van der Waals surface area (Å²) in [5.74, 6) is 0.480. The second-order valence-corrected chi connectivity index (χ2v) is 7.49. The predicted octanol–water partition coefficient (Wildman–Crippen LogP) is 4.75. The third kappa shape index (κ3) is 5.11. The van der Waals surface area contributed by atoms with Gasteiger partial charge in [0, 0.05) is 48.1 Å². The fourth-order valence-electron chi connectivity index (χ4n) is 3.65. The van der Waals surface area contributed by atoms with Gasteiger partial charge in [-0.25, -0.2) is 0 Å². The van der Waals surface area contributed by atoms with Crippen LogP contribution >= 0.6 is 0 Å². The van der Waals surface area contributed by atoms with Gasteiger partial charge in [-0.1, -0.05) is 24.3 Å². The molecule has 30 heavy (non-hydrogen) atoms. The van der Waals surface area contributed by atoms with Crippen molar-refractivity contribution in [1.82, 2.24) is 4.98 Å². The molecule has 0 spiro atoms. The zero-order valence-corrected chi connectivity index (χ0v) is 16.8. The molecule has 1 N–H and O–H groups in total. The summed E-state index contributed by atoms with van der Waals surface area (Å²) in [6.45, 7) is 0.403. The van der Waals surface area contributed by atoms with Crippen LogP contribution in [-0.4, -0.2) is 16.7 Å². The fourth-order valence-corrected chi connectivity index (χ4v) is 3.65. The minimum atomic E-state index is -0.186. The normalized spacial score (nSPS) is 12.3. The Kier molecular flexibility index (Phi) is 6.18. The number of anilines is 1. The Morgan fingerprint density at radius 1 is 0.967 bits per heavy atom. The van der Waals surface area contributed by atoms with E-state index in [4.69, 9.17) is 4.74 Å². The summed E-state index contributed by atoms with van der Waals surface area (Å²) in [6, 6.07) is 17.0. The van der Waals surface area contributed by atoms with Gasteiger partial charge in [-0.05, 0) is 54.7 Å². The quantitative estimate of drug-likeness (QED) is 0.554. The molecule has 3 aromatic rings. The molecule has 0 radical (unpaired) electrons. The lowest BCUT2D eigenvalue weighted by molar-refractivity contribution is -0.116. The van der Waals surface area contributed by atoms with Crippen molar-refractivity contribution in [3.05, 3.63) is 89.2 Å². The summed E-state index contributed by atoms with van der Waals surface area (Å²) in [5, 5.41) is 2.85. The summed E-state index contributed by atoms with van der Waals surface area (Å²) >= 11 is 0. The lowest BCUT2D eigenvalue weighted by Gasteiger charge is -2.09. The van der Waals surface area contributed by atoms with E-state index in [0.717, 1.165) is 24.8 Å². The Balaban J connectivity index is 1.28. The Bertz CT molecular complexity index is 1050. The van der Waals surface area contributed by atoms with E-state index in [2.05, 4.69) is 10.3 Å². The number of rotatable bonds is 8. The van der Waals surface area contributed by atoms with Crippen molar-refractivity contribution in [2.75, 3.05) is 5.32 Å². The van der Waals surface area contributed by atoms with Gasteiger partial charge in [-0.2, -0.15) is 0 Å². The highest BCUT2D eigenvalue weighted by Gasteiger charge is 2.15. The van der Waals surface area contributed by atoms with Crippen LogP contribution in [0.4, 0.5) is 5.69 Å². The number of ketones is 1. The van der Waals surface area contributed by atoms with Gasteiger partial charge < -0.3 is 10.1 Å². The number of carbonyl (C=O) groups is 2. The molecule has 4 rings (SSSR count). The van der Waals surface area contributed by atoms with Crippen molar-refractivity contribution >= 4 is 17.4 Å². The van der Waals surface area contributed by atoms with Gasteiger partial charge in [0.25, 0.3) is 0 Å². The second-order valence-electron chi connectivity index (χ2n) is 7.49. The topological polar surface area (TPSA) is 68.3 Å². The first-order valence-corrected chi connectivity index (χ1v) is 10.2. The van der Waals surface area contributed by atoms with E-state index in [-0.39, 0.29) is 24.5 Å². The average Bonchev–Trinajstić information content (AvgIpc) is 3.25. The third-order valence-electron chi connectivity index (χ3n) is 5.25. The van der Waals surface area contributed by atoms with Gasteiger partial charge in [-0.3, -0.25) is 14.6 Å². The lowest BCUT2D eigenvalue weighted by atomic mass is 10.0. The molecule has 5 heteroatoms. The van der Waals surface area contributed by atoms with E-state index in [1.54, 1.807) is 24.5 Å². The molecule has 2 aromatic carbocycles. The van der Waals surface area contributed by atoms with Crippen molar-refractivity contribution in [3.8, 4) is 5.75 Å². The first-order valence-electron chi connectivity index (χ1n) is 10.2. The van der Waals surface area contributed by atoms with Crippen LogP contribution in [0, 0.1) is 0 Å². The van der Waals surface area contributed by atoms with Crippen LogP contribution in [0.5, 0.6) is 5.75 Å². The summed E-state index contributed by atoms with van der Waals surface area (Å²) in [6.07, 6.45) is 7.10. The number of fused-ring (bicyclic) bond motifs is 1. The molecular formula is C25H24N2O3. The highest BCUT2D eigenvalue weighted by Crippen LogP contribution is 2.24. The maximum Gasteiger partial charge on any atom is 0.224 e. The molecule has 152 valence electrons. The van der Waals surface area contributed by atoms with E-state index in [1.165, 1.54) is 11.1 Å². The average molecular weight is 400 g/mol. The Hall–Kier alpha value is -3.47. The van der Waals surface area contributed by atoms with Crippen LogP contribution in [0.25, 0.3) is 0 Å². The number of hydrogen-bond donors (Lipinski definition) is 1. The van der Waals surface area contributed by atoms with E-state index >= 15 is 0 Å². The molecule has 1 aliphatic rings. The van der Waals surface area contributed by atoms with E-state index in [9.17, 15) is 9.59 Å². The van der Waals surface area contributed by atoms with Gasteiger partial charge in [-0.15, -0.1) is 0 Å². The van der Waals surface area contributed by atoms with Gasteiger partial charge in [0.2, 0.25) is 5.91 Å². The summed E-state index contributed by atoms with van der Waals surface area (Å²) in [4.78, 5) is 28.8. The highest BCUT2D eigenvalue weighted by molar-refractivity contribution is 6.00. The number of aryl methyl sites for hydroxylation is 2. The number of aromatic nitrogens is 1. The van der Waals surface area contributed by atoms with Gasteiger partial charge in [0.05, 0.1) is 0 Å². The smallest absolute Gasteiger partial charge is 0.224 e. The minimum absolute atomic E-state index is 0.00778. The van der Waals surface area contributed by atoms with Crippen LogP contribution in [0.2, 0.25) is 0 Å². The second kappa shape index (κ2) is 9.35. The van der Waals surface area contributed by atoms with Crippen molar-refractivity contribution in [1.29, 1.82) is 0 Å². The first kappa shape index (κ1) is 19.8. The number of nitrogens with one attached hydrogen (secondary N) is 1.